The van der Waals surface area contributed by atoms with Gasteiger partial charge in [-0.15, -0.1) is 0 Å². The normalized spacial score (nSPS) is 10.8. The van der Waals surface area contributed by atoms with Crippen LogP contribution in [0.3, 0.4) is 0 Å². The molecule has 1 heterocycles. The third-order valence-corrected chi connectivity index (χ3v) is 2.96. The van der Waals surface area contributed by atoms with Crippen molar-refractivity contribution in [2.75, 3.05) is 31.6 Å². The molecule has 1 aromatic heterocycles. The van der Waals surface area contributed by atoms with E-state index in [1.54, 1.807) is 18.3 Å². The predicted octanol–water partition coefficient (Wildman–Crippen LogP) is 1.99. The number of aromatic hydroxyl groups is 1. The number of anilines is 1. The minimum atomic E-state index is 0.275. The van der Waals surface area contributed by atoms with Crippen molar-refractivity contribution in [3.63, 3.8) is 0 Å². The Hall–Kier alpha value is -1.81. The maximum atomic E-state index is 9.59. The number of fused-ring (bicyclic) bond motifs is 1. The lowest BCUT2D eigenvalue weighted by Crippen LogP contribution is -2.29. The minimum absolute atomic E-state index is 0.275. The molecule has 0 saturated heterocycles. The van der Waals surface area contributed by atoms with Crippen molar-refractivity contribution in [3.05, 3.63) is 30.5 Å². The molecular formula is C14H19N3O. The Labute approximate surface area is 107 Å². The van der Waals surface area contributed by atoms with E-state index in [1.165, 1.54) is 0 Å². The number of pyridine rings is 1. The second-order valence-electron chi connectivity index (χ2n) is 4.32. The SMILES string of the molecule is CCNCCN(C)c1nccc2ccc(O)cc12. The lowest BCUT2D eigenvalue weighted by atomic mass is 10.1. The summed E-state index contributed by atoms with van der Waals surface area (Å²) in [5, 5.41) is 15.0. The van der Waals surface area contributed by atoms with Crippen molar-refractivity contribution >= 4 is 16.6 Å². The Kier molecular flexibility index (Phi) is 3.99. The van der Waals surface area contributed by atoms with Crippen LogP contribution in [0.1, 0.15) is 6.92 Å². The van der Waals surface area contributed by atoms with Crippen LogP contribution in [0.5, 0.6) is 5.75 Å². The van der Waals surface area contributed by atoms with E-state index >= 15 is 0 Å². The van der Waals surface area contributed by atoms with Crippen molar-refractivity contribution < 1.29 is 5.11 Å². The van der Waals surface area contributed by atoms with Crippen LogP contribution in [-0.2, 0) is 0 Å². The summed E-state index contributed by atoms with van der Waals surface area (Å²) >= 11 is 0. The summed E-state index contributed by atoms with van der Waals surface area (Å²) in [6.07, 6.45) is 1.80. The van der Waals surface area contributed by atoms with E-state index in [2.05, 4.69) is 22.1 Å². The quantitative estimate of drug-likeness (QED) is 0.791. The molecule has 2 rings (SSSR count). The summed E-state index contributed by atoms with van der Waals surface area (Å²) in [6, 6.07) is 7.33. The number of aromatic nitrogens is 1. The molecule has 0 bridgehead atoms. The lowest BCUT2D eigenvalue weighted by Gasteiger charge is -2.20. The van der Waals surface area contributed by atoms with E-state index in [1.807, 2.05) is 19.2 Å². The molecular weight excluding hydrogens is 226 g/mol. The first-order valence-electron chi connectivity index (χ1n) is 6.22. The number of rotatable bonds is 5. The van der Waals surface area contributed by atoms with Crippen LogP contribution >= 0.6 is 0 Å². The van der Waals surface area contributed by atoms with Gasteiger partial charge >= 0.3 is 0 Å². The fourth-order valence-corrected chi connectivity index (χ4v) is 1.97. The molecule has 0 aliphatic carbocycles. The number of nitrogens with zero attached hydrogens (tertiary/aromatic N) is 2. The first-order chi connectivity index (χ1) is 8.72. The molecule has 2 aromatic rings. The van der Waals surface area contributed by atoms with Crippen LogP contribution in [-0.4, -0.2) is 36.8 Å². The molecule has 0 atom stereocenters. The van der Waals surface area contributed by atoms with Crippen LogP contribution in [0.4, 0.5) is 5.82 Å². The topological polar surface area (TPSA) is 48.4 Å². The Morgan fingerprint density at radius 1 is 1.33 bits per heavy atom. The zero-order valence-electron chi connectivity index (χ0n) is 10.8. The van der Waals surface area contributed by atoms with Crippen LogP contribution in [0.2, 0.25) is 0 Å². The standard InChI is InChI=1S/C14H19N3O/c1-3-15-8-9-17(2)14-13-10-12(18)5-4-11(13)6-7-16-14/h4-7,10,15,18H,3,8-9H2,1-2H3. The molecule has 0 unspecified atom stereocenters. The first-order valence-corrected chi connectivity index (χ1v) is 6.22. The molecule has 0 amide bonds. The maximum Gasteiger partial charge on any atom is 0.136 e. The average Bonchev–Trinajstić information content (AvgIpc) is 2.38. The number of phenolic OH excluding ortho intramolecular Hbond substituents is 1. The minimum Gasteiger partial charge on any atom is -0.508 e. The number of phenols is 1. The Balaban J connectivity index is 2.29. The van der Waals surface area contributed by atoms with Crippen molar-refractivity contribution in [2.45, 2.75) is 6.92 Å². The third-order valence-electron chi connectivity index (χ3n) is 2.96. The summed E-state index contributed by atoms with van der Waals surface area (Å²) in [6.45, 7) is 4.87. The van der Waals surface area contributed by atoms with Gasteiger partial charge in [-0.3, -0.25) is 0 Å². The van der Waals surface area contributed by atoms with Crippen molar-refractivity contribution in [3.8, 4) is 5.75 Å². The monoisotopic (exact) mass is 245 g/mol. The highest BCUT2D eigenvalue weighted by Gasteiger charge is 2.07. The third kappa shape index (κ3) is 2.71. The summed E-state index contributed by atoms with van der Waals surface area (Å²) < 4.78 is 0. The van der Waals surface area contributed by atoms with Gasteiger partial charge in [0.1, 0.15) is 11.6 Å². The molecule has 0 aliphatic rings. The highest BCUT2D eigenvalue weighted by Crippen LogP contribution is 2.26. The van der Waals surface area contributed by atoms with E-state index in [0.717, 1.165) is 36.2 Å². The molecule has 0 fully saturated rings. The van der Waals surface area contributed by atoms with Gasteiger partial charge in [0.15, 0.2) is 0 Å². The van der Waals surface area contributed by atoms with Gasteiger partial charge in [0.25, 0.3) is 0 Å². The molecule has 4 heteroatoms. The maximum absolute atomic E-state index is 9.59. The lowest BCUT2D eigenvalue weighted by molar-refractivity contribution is 0.476. The van der Waals surface area contributed by atoms with Crippen molar-refractivity contribution in [1.82, 2.24) is 10.3 Å². The van der Waals surface area contributed by atoms with E-state index in [0.29, 0.717) is 0 Å². The fourth-order valence-electron chi connectivity index (χ4n) is 1.97. The second-order valence-corrected chi connectivity index (χ2v) is 4.32. The Bertz CT molecular complexity index is 527. The highest BCUT2D eigenvalue weighted by atomic mass is 16.3. The van der Waals surface area contributed by atoms with Crippen LogP contribution in [0, 0.1) is 0 Å². The van der Waals surface area contributed by atoms with Crippen LogP contribution < -0.4 is 10.2 Å². The number of hydrogen-bond donors (Lipinski definition) is 2. The predicted molar refractivity (Wildman–Crippen MR) is 75.2 cm³/mol. The van der Waals surface area contributed by atoms with E-state index in [-0.39, 0.29) is 5.75 Å². The Morgan fingerprint density at radius 3 is 2.94 bits per heavy atom. The van der Waals surface area contributed by atoms with Crippen molar-refractivity contribution in [2.24, 2.45) is 0 Å². The van der Waals surface area contributed by atoms with Crippen LogP contribution in [0.15, 0.2) is 30.5 Å². The van der Waals surface area contributed by atoms with Gasteiger partial charge in [-0.05, 0) is 30.1 Å². The van der Waals surface area contributed by atoms with E-state index < -0.39 is 0 Å². The molecule has 18 heavy (non-hydrogen) atoms. The van der Waals surface area contributed by atoms with Gasteiger partial charge in [0.05, 0.1) is 0 Å². The largest absolute Gasteiger partial charge is 0.508 e. The van der Waals surface area contributed by atoms with Gasteiger partial charge in [-0.25, -0.2) is 4.98 Å². The van der Waals surface area contributed by atoms with Gasteiger partial charge in [0.2, 0.25) is 0 Å². The van der Waals surface area contributed by atoms with Gasteiger partial charge < -0.3 is 15.3 Å². The zero-order chi connectivity index (χ0) is 13.0. The molecule has 0 spiro atoms. The second kappa shape index (κ2) is 5.69. The van der Waals surface area contributed by atoms with E-state index in [4.69, 9.17) is 0 Å². The average molecular weight is 245 g/mol. The van der Waals surface area contributed by atoms with E-state index in [9.17, 15) is 5.11 Å². The summed E-state index contributed by atoms with van der Waals surface area (Å²) in [5.41, 5.74) is 0. The smallest absolute Gasteiger partial charge is 0.136 e. The fraction of sp³-hybridized carbons (Fsp3) is 0.357. The molecule has 4 nitrogen and oxygen atoms in total. The van der Waals surface area contributed by atoms with Gasteiger partial charge in [0, 0.05) is 31.7 Å². The van der Waals surface area contributed by atoms with Gasteiger partial charge in [-0.2, -0.15) is 0 Å². The van der Waals surface area contributed by atoms with Gasteiger partial charge in [-0.1, -0.05) is 13.0 Å². The van der Waals surface area contributed by atoms with Crippen molar-refractivity contribution in [1.29, 1.82) is 0 Å². The number of likely N-dealkylation sites (N-methyl/N-ethyl adjacent to an activating group) is 2. The Morgan fingerprint density at radius 2 is 2.17 bits per heavy atom. The van der Waals surface area contributed by atoms with Crippen LogP contribution in [0.25, 0.3) is 10.8 Å². The molecule has 0 radical (unpaired) electrons. The summed E-state index contributed by atoms with van der Waals surface area (Å²) in [7, 11) is 2.02. The first kappa shape index (κ1) is 12.6. The molecule has 1 aromatic carbocycles. The number of hydrogen-bond acceptors (Lipinski definition) is 4. The number of benzene rings is 1. The highest BCUT2D eigenvalue weighted by molar-refractivity contribution is 5.93. The summed E-state index contributed by atoms with van der Waals surface area (Å²) in [4.78, 5) is 6.52. The molecule has 0 aliphatic heterocycles. The summed E-state index contributed by atoms with van der Waals surface area (Å²) in [5.74, 6) is 1.18. The molecule has 0 saturated carbocycles. The molecule has 2 N–H and O–H groups in total. The molecule has 96 valence electrons. The number of nitrogens with one attached hydrogen (secondary N) is 1. The zero-order valence-corrected chi connectivity index (χ0v) is 10.8.